The molecule has 30 heavy (non-hydrogen) atoms. The van der Waals surface area contributed by atoms with Gasteiger partial charge in [-0.15, -0.1) is 0 Å². The van der Waals surface area contributed by atoms with Crippen LogP contribution in [0.3, 0.4) is 0 Å². The van der Waals surface area contributed by atoms with Gasteiger partial charge in [0.25, 0.3) is 0 Å². The van der Waals surface area contributed by atoms with Gasteiger partial charge in [0, 0.05) is 10.0 Å². The zero-order chi connectivity index (χ0) is 22.5. The molecule has 0 atom stereocenters. The fourth-order valence-corrected chi connectivity index (χ4v) is 4.52. The van der Waals surface area contributed by atoms with Crippen molar-refractivity contribution in [2.24, 2.45) is 0 Å². The summed E-state index contributed by atoms with van der Waals surface area (Å²) in [6.07, 6.45) is 0. The van der Waals surface area contributed by atoms with Crippen molar-refractivity contribution >= 4 is 44.2 Å². The lowest BCUT2D eigenvalue weighted by molar-refractivity contribution is -0.0517. The van der Waals surface area contributed by atoms with Crippen molar-refractivity contribution in [2.45, 2.75) is 27.1 Å². The molecule has 3 nitrogen and oxygen atoms in total. The highest BCUT2D eigenvalue weighted by molar-refractivity contribution is 7.97. The molecule has 10 heteroatoms. The Morgan fingerprint density at radius 3 is 1.27 bits per heavy atom. The number of alkyl halides is 3. The van der Waals surface area contributed by atoms with E-state index < -0.39 is 15.6 Å². The van der Waals surface area contributed by atoms with E-state index in [4.69, 9.17) is 36.2 Å². The van der Waals surface area contributed by atoms with Crippen molar-refractivity contribution in [3.63, 3.8) is 0 Å². The minimum atomic E-state index is -6.09. The first kappa shape index (κ1) is 24.6. The maximum Gasteiger partial charge on any atom is 0.485 e. The van der Waals surface area contributed by atoms with E-state index in [1.165, 1.54) is 20.2 Å². The van der Waals surface area contributed by atoms with Gasteiger partial charge in [0.15, 0.2) is 24.8 Å². The summed E-state index contributed by atoms with van der Waals surface area (Å²) >= 11 is 12.1. The zero-order valence-corrected chi connectivity index (χ0v) is 18.5. The van der Waals surface area contributed by atoms with E-state index in [0.29, 0.717) is 0 Å². The highest BCUT2D eigenvalue weighted by Gasteiger charge is 2.37. The summed E-state index contributed by atoms with van der Waals surface area (Å²) in [5.74, 6) is 0. The molecule has 0 aliphatic heterocycles. The van der Waals surface area contributed by atoms with Crippen LogP contribution in [0.2, 0.25) is 10.0 Å². The fraction of sp³-hybridized carbons (Fsp3) is 0.100. The Kier molecular flexibility index (Phi) is 8.24. The molecule has 3 rings (SSSR count). The monoisotopic (exact) mass is 494 g/mol. The van der Waals surface area contributed by atoms with Crippen molar-refractivity contribution in [3.8, 4) is 0 Å². The van der Waals surface area contributed by atoms with Crippen molar-refractivity contribution in [1.29, 1.82) is 0 Å². The van der Waals surface area contributed by atoms with Gasteiger partial charge < -0.3 is 4.55 Å². The quantitative estimate of drug-likeness (QED) is 0.239. The first-order valence-corrected chi connectivity index (χ1v) is 11.6. The minimum absolute atomic E-state index is 0.157. The van der Waals surface area contributed by atoms with Gasteiger partial charge in [0.2, 0.25) is 0 Å². The summed E-state index contributed by atoms with van der Waals surface area (Å²) < 4.78 is 58.9. The third kappa shape index (κ3) is 6.92. The fourth-order valence-electron chi connectivity index (χ4n) is 2.22. The van der Waals surface area contributed by atoms with Crippen molar-refractivity contribution in [2.75, 3.05) is 0 Å². The van der Waals surface area contributed by atoms with Crippen molar-refractivity contribution < 1.29 is 26.1 Å². The van der Waals surface area contributed by atoms with Crippen molar-refractivity contribution in [3.05, 3.63) is 88.4 Å². The third-order valence-corrected chi connectivity index (χ3v) is 6.94. The minimum Gasteiger partial charge on any atom is -0.741 e. The van der Waals surface area contributed by atoms with Gasteiger partial charge in [-0.25, -0.2) is 8.42 Å². The third-order valence-electron chi connectivity index (χ3n) is 3.64. The molecule has 0 heterocycles. The number of halogens is 5. The summed E-state index contributed by atoms with van der Waals surface area (Å²) in [6, 6.07) is 24.9. The predicted octanol–water partition coefficient (Wildman–Crippen LogP) is 6.45. The molecular formula is C20H15Cl2F3O3S2. The van der Waals surface area contributed by atoms with E-state index in [9.17, 15) is 13.2 Å². The van der Waals surface area contributed by atoms with Crippen LogP contribution in [-0.4, -0.2) is 18.5 Å². The number of hydrogen-bond donors (Lipinski definition) is 0. The Balaban J connectivity index is 0.000000343. The van der Waals surface area contributed by atoms with Crippen LogP contribution in [0.15, 0.2) is 87.5 Å². The average molecular weight is 495 g/mol. The maximum absolute atomic E-state index is 10.7. The smallest absolute Gasteiger partial charge is 0.485 e. The van der Waals surface area contributed by atoms with E-state index >= 15 is 0 Å². The van der Waals surface area contributed by atoms with E-state index in [0.717, 1.165) is 10.0 Å². The number of hydrogen-bond acceptors (Lipinski definition) is 3. The topological polar surface area (TPSA) is 57.2 Å². The molecule has 0 radical (unpaired) electrons. The van der Waals surface area contributed by atoms with Gasteiger partial charge in [0.1, 0.15) is 0 Å². The van der Waals surface area contributed by atoms with Crippen LogP contribution in [0, 0.1) is 6.92 Å². The van der Waals surface area contributed by atoms with Crippen LogP contribution < -0.4 is 0 Å². The Morgan fingerprint density at radius 1 is 0.733 bits per heavy atom. The predicted molar refractivity (Wildman–Crippen MR) is 112 cm³/mol. The highest BCUT2D eigenvalue weighted by Crippen LogP contribution is 2.32. The van der Waals surface area contributed by atoms with E-state index in [2.05, 4.69) is 55.5 Å². The van der Waals surface area contributed by atoms with Gasteiger partial charge in [0.05, 0.1) is 10.9 Å². The molecule has 0 bridgehead atoms. The molecule has 0 N–H and O–H groups in total. The van der Waals surface area contributed by atoms with E-state index in [1.54, 1.807) is 0 Å². The van der Waals surface area contributed by atoms with Crippen LogP contribution in [0.25, 0.3) is 0 Å². The Morgan fingerprint density at radius 2 is 1.00 bits per heavy atom. The normalized spacial score (nSPS) is 11.7. The molecule has 0 fully saturated rings. The first-order chi connectivity index (χ1) is 13.9. The number of benzene rings is 3. The first-order valence-electron chi connectivity index (χ1n) is 8.23. The van der Waals surface area contributed by atoms with Gasteiger partial charge in [-0.05, 0) is 67.6 Å². The summed E-state index contributed by atoms with van der Waals surface area (Å²) in [4.78, 5) is 3.78. The van der Waals surface area contributed by atoms with Gasteiger partial charge in [-0.3, -0.25) is 0 Å². The van der Waals surface area contributed by atoms with Crippen molar-refractivity contribution in [1.82, 2.24) is 0 Å². The molecule has 0 amide bonds. The van der Waals surface area contributed by atoms with Crippen LogP contribution in [-0.2, 0) is 21.0 Å². The van der Waals surface area contributed by atoms with Gasteiger partial charge >= 0.3 is 5.51 Å². The molecule has 0 aliphatic carbocycles. The second kappa shape index (κ2) is 10.1. The van der Waals surface area contributed by atoms with Crippen LogP contribution >= 0.6 is 23.2 Å². The molecule has 0 unspecified atom stereocenters. The Labute approximate surface area is 185 Å². The van der Waals surface area contributed by atoms with Gasteiger partial charge in [-0.2, -0.15) is 13.2 Å². The number of aryl methyl sites for hydroxylation is 1. The Bertz CT molecular complexity index is 960. The molecule has 0 saturated heterocycles. The number of rotatable bonds is 3. The second-order valence-corrected chi connectivity index (χ2v) is 10.2. The zero-order valence-electron chi connectivity index (χ0n) is 15.4. The lowest BCUT2D eigenvalue weighted by Gasteiger charge is -2.08. The Hall–Kier alpha value is -1.71. The molecule has 0 aliphatic rings. The van der Waals surface area contributed by atoms with E-state index in [-0.39, 0.29) is 10.9 Å². The highest BCUT2D eigenvalue weighted by atomic mass is 35.5. The molecule has 0 aromatic heterocycles. The summed E-state index contributed by atoms with van der Waals surface area (Å²) in [5.41, 5.74) is -4.38. The molecule has 3 aromatic carbocycles. The SMILES string of the molecule is Cc1ccc([S+](c2ccc(Cl)cc2)c2ccc(Cl)cc2)cc1.O=S(=O)([O-])C(F)(F)F. The largest absolute Gasteiger partial charge is 0.741 e. The second-order valence-electron chi connectivity index (χ2n) is 5.93. The maximum atomic E-state index is 10.7. The van der Waals surface area contributed by atoms with Crippen LogP contribution in [0.1, 0.15) is 5.56 Å². The molecule has 3 aromatic rings. The lowest BCUT2D eigenvalue weighted by atomic mass is 10.2. The van der Waals surface area contributed by atoms with E-state index in [1.807, 2.05) is 24.3 Å². The summed E-state index contributed by atoms with van der Waals surface area (Å²) in [6.45, 7) is 2.10. The van der Waals surface area contributed by atoms with Crippen LogP contribution in [0.4, 0.5) is 13.2 Å². The van der Waals surface area contributed by atoms with Gasteiger partial charge in [-0.1, -0.05) is 40.9 Å². The summed E-state index contributed by atoms with van der Waals surface area (Å²) in [7, 11) is -6.25. The summed E-state index contributed by atoms with van der Waals surface area (Å²) in [5, 5.41) is 1.51. The molecule has 0 saturated carbocycles. The molecule has 0 spiro atoms. The molecular weight excluding hydrogens is 480 g/mol. The standard InChI is InChI=1S/C19H15Cl2S.CHF3O3S/c1-14-2-8-17(9-3-14)22(18-10-4-15(20)5-11-18)19-12-6-16(21)7-13-19;2-1(3,4)8(5,6)7/h2-13H,1H3;(H,5,6,7)/q+1;/p-1. The lowest BCUT2D eigenvalue weighted by Crippen LogP contribution is -2.21. The average Bonchev–Trinajstić information content (AvgIpc) is 2.65. The van der Waals surface area contributed by atoms with Crippen LogP contribution in [0.5, 0.6) is 0 Å². The molecule has 160 valence electrons.